The van der Waals surface area contributed by atoms with Crippen LogP contribution in [0.1, 0.15) is 37.1 Å². The van der Waals surface area contributed by atoms with Crippen LogP contribution in [0.5, 0.6) is 0 Å². The van der Waals surface area contributed by atoms with E-state index in [0.29, 0.717) is 18.3 Å². The summed E-state index contributed by atoms with van der Waals surface area (Å²) in [6.07, 6.45) is 3.83. The molecule has 0 spiro atoms. The van der Waals surface area contributed by atoms with Crippen LogP contribution in [0, 0.1) is 6.92 Å². The highest BCUT2D eigenvalue weighted by Crippen LogP contribution is 2.31. The summed E-state index contributed by atoms with van der Waals surface area (Å²) in [7, 11) is -3.21. The second-order valence-electron chi connectivity index (χ2n) is 4.04. The highest BCUT2D eigenvalue weighted by atomic mass is 32.2. The van der Waals surface area contributed by atoms with Crippen LogP contribution in [0.25, 0.3) is 0 Å². The van der Waals surface area contributed by atoms with Gasteiger partial charge < -0.3 is 4.42 Å². The lowest BCUT2D eigenvalue weighted by Crippen LogP contribution is -2.37. The molecule has 1 aliphatic rings. The lowest BCUT2D eigenvalue weighted by Gasteiger charge is -2.31. The zero-order valence-electron chi connectivity index (χ0n) is 9.38. The molecule has 0 aromatic carbocycles. The molecule has 6 nitrogen and oxygen atoms in total. The molecule has 16 heavy (non-hydrogen) atoms. The van der Waals surface area contributed by atoms with Crippen LogP contribution in [0.2, 0.25) is 0 Å². The summed E-state index contributed by atoms with van der Waals surface area (Å²) in [5.74, 6) is 0.872. The largest absolute Gasteiger partial charge is 0.424 e. The van der Waals surface area contributed by atoms with E-state index < -0.39 is 10.0 Å². The van der Waals surface area contributed by atoms with Gasteiger partial charge in [-0.05, 0) is 12.8 Å². The zero-order valence-corrected chi connectivity index (χ0v) is 10.2. The highest BCUT2D eigenvalue weighted by Gasteiger charge is 2.33. The molecule has 1 fully saturated rings. The lowest BCUT2D eigenvalue weighted by molar-refractivity contribution is 0.218. The minimum absolute atomic E-state index is 0.287. The van der Waals surface area contributed by atoms with E-state index in [9.17, 15) is 8.42 Å². The number of hydrogen-bond donors (Lipinski definition) is 0. The molecule has 7 heteroatoms. The summed E-state index contributed by atoms with van der Waals surface area (Å²) in [6, 6.07) is -0.287. The number of piperidine rings is 1. The number of rotatable bonds is 2. The molecule has 0 radical (unpaired) electrons. The molecule has 1 saturated heterocycles. The molecular formula is C9H15N3O3S. The monoisotopic (exact) mass is 245 g/mol. The Bertz CT molecular complexity index is 468. The summed E-state index contributed by atoms with van der Waals surface area (Å²) in [6.45, 7) is 2.23. The molecule has 1 aliphatic heterocycles. The molecule has 0 bridgehead atoms. The third-order valence-electron chi connectivity index (χ3n) is 2.71. The molecule has 1 aromatic rings. The van der Waals surface area contributed by atoms with Gasteiger partial charge in [-0.1, -0.05) is 6.42 Å². The Morgan fingerprint density at radius 1 is 1.38 bits per heavy atom. The number of aryl methyl sites for hydroxylation is 1. The standard InChI is InChI=1S/C9H15N3O3S/c1-7-10-11-9(15-7)8-5-3-4-6-12(8)16(2,13)14/h8H,3-6H2,1-2H3/t8-/m0/s1. The molecule has 1 atom stereocenters. The fourth-order valence-electron chi connectivity index (χ4n) is 2.00. The Kier molecular flexibility index (Phi) is 2.98. The van der Waals surface area contributed by atoms with Crippen LogP contribution < -0.4 is 0 Å². The van der Waals surface area contributed by atoms with Gasteiger partial charge in [0.1, 0.15) is 6.04 Å². The van der Waals surface area contributed by atoms with Gasteiger partial charge in [-0.15, -0.1) is 10.2 Å². The molecule has 90 valence electrons. The van der Waals surface area contributed by atoms with Gasteiger partial charge in [0, 0.05) is 13.5 Å². The molecule has 2 rings (SSSR count). The molecule has 1 aromatic heterocycles. The molecule has 0 aliphatic carbocycles. The van der Waals surface area contributed by atoms with E-state index in [-0.39, 0.29) is 6.04 Å². The summed E-state index contributed by atoms with van der Waals surface area (Å²) in [5.41, 5.74) is 0. The van der Waals surface area contributed by atoms with Crippen LogP contribution in [0.3, 0.4) is 0 Å². The Morgan fingerprint density at radius 2 is 2.12 bits per heavy atom. The van der Waals surface area contributed by atoms with Gasteiger partial charge in [-0.3, -0.25) is 0 Å². The summed E-state index contributed by atoms with van der Waals surface area (Å²) in [5, 5.41) is 7.65. The van der Waals surface area contributed by atoms with Crippen LogP contribution >= 0.6 is 0 Å². The second-order valence-corrected chi connectivity index (χ2v) is 5.98. The van der Waals surface area contributed by atoms with Gasteiger partial charge in [0.05, 0.1) is 6.26 Å². The maximum Gasteiger partial charge on any atom is 0.234 e. The van der Waals surface area contributed by atoms with E-state index >= 15 is 0 Å². The first-order valence-electron chi connectivity index (χ1n) is 5.25. The Morgan fingerprint density at radius 3 is 2.69 bits per heavy atom. The number of nitrogens with zero attached hydrogens (tertiary/aromatic N) is 3. The zero-order chi connectivity index (χ0) is 11.8. The van der Waals surface area contributed by atoms with Crippen molar-refractivity contribution in [2.45, 2.75) is 32.2 Å². The molecule has 0 saturated carbocycles. The maximum atomic E-state index is 11.6. The molecule has 0 amide bonds. The Balaban J connectivity index is 2.30. The quantitative estimate of drug-likeness (QED) is 0.772. The predicted octanol–water partition coefficient (Wildman–Crippen LogP) is 0.865. The topological polar surface area (TPSA) is 76.3 Å². The van der Waals surface area contributed by atoms with E-state index in [1.165, 1.54) is 10.6 Å². The van der Waals surface area contributed by atoms with Crippen molar-refractivity contribution in [1.82, 2.24) is 14.5 Å². The van der Waals surface area contributed by atoms with Crippen molar-refractivity contribution in [3.63, 3.8) is 0 Å². The minimum Gasteiger partial charge on any atom is -0.424 e. The molecule has 0 N–H and O–H groups in total. The first-order chi connectivity index (χ1) is 7.48. The normalized spacial score (nSPS) is 23.5. The van der Waals surface area contributed by atoms with E-state index in [1.807, 2.05) is 0 Å². The first-order valence-corrected chi connectivity index (χ1v) is 7.10. The van der Waals surface area contributed by atoms with E-state index in [2.05, 4.69) is 10.2 Å². The first kappa shape index (κ1) is 11.5. The minimum atomic E-state index is -3.21. The van der Waals surface area contributed by atoms with Crippen molar-refractivity contribution < 1.29 is 12.8 Å². The van der Waals surface area contributed by atoms with Gasteiger partial charge in [-0.2, -0.15) is 4.31 Å². The van der Waals surface area contributed by atoms with Crippen molar-refractivity contribution in [2.24, 2.45) is 0 Å². The average Bonchev–Trinajstić information content (AvgIpc) is 2.64. The van der Waals surface area contributed by atoms with Gasteiger partial charge in [-0.25, -0.2) is 8.42 Å². The van der Waals surface area contributed by atoms with Crippen molar-refractivity contribution in [1.29, 1.82) is 0 Å². The summed E-state index contributed by atoms with van der Waals surface area (Å²) < 4.78 is 30.0. The van der Waals surface area contributed by atoms with Crippen molar-refractivity contribution >= 4 is 10.0 Å². The van der Waals surface area contributed by atoms with Gasteiger partial charge in [0.15, 0.2) is 0 Å². The summed E-state index contributed by atoms with van der Waals surface area (Å²) >= 11 is 0. The third-order valence-corrected chi connectivity index (χ3v) is 4.00. The number of aromatic nitrogens is 2. The van der Waals surface area contributed by atoms with E-state index in [4.69, 9.17) is 4.42 Å². The van der Waals surface area contributed by atoms with Gasteiger partial charge >= 0.3 is 0 Å². The maximum absolute atomic E-state index is 11.6. The molecular weight excluding hydrogens is 230 g/mol. The third kappa shape index (κ3) is 2.25. The second kappa shape index (κ2) is 4.14. The smallest absolute Gasteiger partial charge is 0.234 e. The summed E-state index contributed by atoms with van der Waals surface area (Å²) in [4.78, 5) is 0. The Labute approximate surface area is 94.7 Å². The SMILES string of the molecule is Cc1nnc([C@@H]2CCCCN2S(C)(=O)=O)o1. The average molecular weight is 245 g/mol. The molecule has 2 heterocycles. The Hall–Kier alpha value is -0.950. The van der Waals surface area contributed by atoms with Crippen molar-refractivity contribution in [2.75, 3.05) is 12.8 Å². The van der Waals surface area contributed by atoms with E-state index in [0.717, 1.165) is 19.3 Å². The van der Waals surface area contributed by atoms with Crippen LogP contribution in [-0.2, 0) is 10.0 Å². The fourth-order valence-corrected chi connectivity index (χ4v) is 3.11. The van der Waals surface area contributed by atoms with Gasteiger partial charge in [0.2, 0.25) is 21.8 Å². The van der Waals surface area contributed by atoms with E-state index in [1.54, 1.807) is 6.92 Å². The highest BCUT2D eigenvalue weighted by molar-refractivity contribution is 7.88. The number of hydrogen-bond acceptors (Lipinski definition) is 5. The van der Waals surface area contributed by atoms with Gasteiger partial charge in [0.25, 0.3) is 0 Å². The lowest BCUT2D eigenvalue weighted by atomic mass is 10.1. The fraction of sp³-hybridized carbons (Fsp3) is 0.778. The number of sulfonamides is 1. The van der Waals surface area contributed by atoms with Crippen molar-refractivity contribution in [3.05, 3.63) is 11.8 Å². The predicted molar refractivity (Wildman–Crippen MR) is 57.2 cm³/mol. The van der Waals surface area contributed by atoms with Crippen LogP contribution in [-0.4, -0.2) is 35.7 Å². The van der Waals surface area contributed by atoms with Crippen molar-refractivity contribution in [3.8, 4) is 0 Å². The van der Waals surface area contributed by atoms with Crippen LogP contribution in [0.15, 0.2) is 4.42 Å². The van der Waals surface area contributed by atoms with Crippen LogP contribution in [0.4, 0.5) is 0 Å². The molecule has 0 unspecified atom stereocenters.